The van der Waals surface area contributed by atoms with Gasteiger partial charge in [-0.05, 0) is 19.4 Å². The molecule has 2 rings (SSSR count). The van der Waals surface area contributed by atoms with E-state index in [0.717, 1.165) is 16.4 Å². The number of rotatable bonds is 3. The van der Waals surface area contributed by atoms with E-state index in [4.69, 9.17) is 5.73 Å². The van der Waals surface area contributed by atoms with Crippen LogP contribution in [0.15, 0.2) is 17.0 Å². The van der Waals surface area contributed by atoms with Crippen molar-refractivity contribution in [3.63, 3.8) is 0 Å². The smallest absolute Gasteiger partial charge is 0.276 e. The second-order valence-electron chi connectivity index (χ2n) is 4.72. The number of hydrogen-bond acceptors (Lipinski definition) is 5. The van der Waals surface area contributed by atoms with Crippen LogP contribution in [0.2, 0.25) is 0 Å². The van der Waals surface area contributed by atoms with Gasteiger partial charge < -0.3 is 5.73 Å². The maximum atomic E-state index is 13.7. The van der Waals surface area contributed by atoms with E-state index in [2.05, 4.69) is 0 Å². The zero-order chi connectivity index (χ0) is 15.1. The Kier molecular flexibility index (Phi) is 5.26. The van der Waals surface area contributed by atoms with Crippen LogP contribution in [0.4, 0.5) is 10.1 Å². The molecule has 1 saturated heterocycles. The summed E-state index contributed by atoms with van der Waals surface area (Å²) in [6.07, 6.45) is 0.510. The first-order chi connectivity index (χ1) is 9.23. The van der Waals surface area contributed by atoms with Crippen LogP contribution in [0.5, 0.6) is 0 Å². The molecule has 1 aromatic carbocycles. The normalized spacial score (nSPS) is 19.3. The molecule has 1 aromatic rings. The summed E-state index contributed by atoms with van der Waals surface area (Å²) in [5.74, 6) is -0.915. The maximum Gasteiger partial charge on any atom is 0.276 e. The van der Waals surface area contributed by atoms with Crippen LogP contribution in [0, 0.1) is 22.9 Å². The van der Waals surface area contributed by atoms with Crippen LogP contribution in [0.1, 0.15) is 12.0 Å². The molecular formula is C11H15ClFN3O4S. The van der Waals surface area contributed by atoms with Crippen LogP contribution >= 0.6 is 12.4 Å². The summed E-state index contributed by atoms with van der Waals surface area (Å²) in [6, 6.07) is 1.43. The standard InChI is InChI=1S/C11H14FN3O4S.ClH/c1-7-10(12)4-9(5-11(7)15(16)17)20(18,19)14-3-2-8(13)6-14;/h4-5,8H,2-3,6,13H2,1H3;1H/t8-;/m1./s1. The summed E-state index contributed by atoms with van der Waals surface area (Å²) >= 11 is 0. The van der Waals surface area contributed by atoms with Gasteiger partial charge in [-0.2, -0.15) is 4.31 Å². The van der Waals surface area contributed by atoms with Crippen LogP contribution in [0.3, 0.4) is 0 Å². The highest BCUT2D eigenvalue weighted by Crippen LogP contribution is 2.28. The Morgan fingerprint density at radius 1 is 1.48 bits per heavy atom. The molecule has 1 aliphatic heterocycles. The lowest BCUT2D eigenvalue weighted by molar-refractivity contribution is -0.385. The number of nitro groups is 1. The Morgan fingerprint density at radius 3 is 2.57 bits per heavy atom. The summed E-state index contributed by atoms with van der Waals surface area (Å²) in [7, 11) is -3.96. The van der Waals surface area contributed by atoms with E-state index in [1.54, 1.807) is 0 Å². The van der Waals surface area contributed by atoms with E-state index in [1.807, 2.05) is 0 Å². The van der Waals surface area contributed by atoms with Crippen molar-refractivity contribution in [2.75, 3.05) is 13.1 Å². The number of hydrogen-bond donors (Lipinski definition) is 1. The zero-order valence-electron chi connectivity index (χ0n) is 11.2. The topological polar surface area (TPSA) is 107 Å². The molecule has 1 heterocycles. The molecule has 7 nitrogen and oxygen atoms in total. The molecule has 10 heteroatoms. The molecule has 0 aliphatic carbocycles. The number of halogens is 2. The minimum atomic E-state index is -3.96. The van der Waals surface area contributed by atoms with Gasteiger partial charge >= 0.3 is 0 Å². The molecule has 1 atom stereocenters. The van der Waals surface area contributed by atoms with Gasteiger partial charge in [-0.1, -0.05) is 0 Å². The predicted molar refractivity (Wildman–Crippen MR) is 76.4 cm³/mol. The van der Waals surface area contributed by atoms with Gasteiger partial charge in [-0.15, -0.1) is 12.4 Å². The van der Waals surface area contributed by atoms with Gasteiger partial charge in [0.2, 0.25) is 10.0 Å². The van der Waals surface area contributed by atoms with E-state index in [1.165, 1.54) is 6.92 Å². The first-order valence-corrected chi connectivity index (χ1v) is 7.37. The average molecular weight is 340 g/mol. The summed E-state index contributed by atoms with van der Waals surface area (Å²) < 4.78 is 39.4. The van der Waals surface area contributed by atoms with Gasteiger partial charge in [0.1, 0.15) is 5.82 Å². The first kappa shape index (κ1) is 17.8. The lowest BCUT2D eigenvalue weighted by atomic mass is 10.2. The minimum absolute atomic E-state index is 0. The molecule has 0 spiro atoms. The molecule has 1 aliphatic rings. The lowest BCUT2D eigenvalue weighted by Crippen LogP contribution is -2.32. The fraction of sp³-hybridized carbons (Fsp3) is 0.455. The Balaban J connectivity index is 0.00000220. The van der Waals surface area contributed by atoms with E-state index in [0.29, 0.717) is 6.42 Å². The number of nitrogens with zero attached hydrogens (tertiary/aromatic N) is 2. The van der Waals surface area contributed by atoms with Crippen molar-refractivity contribution in [1.29, 1.82) is 0 Å². The largest absolute Gasteiger partial charge is 0.326 e. The third-order valence-electron chi connectivity index (χ3n) is 3.31. The van der Waals surface area contributed by atoms with Gasteiger partial charge in [-0.3, -0.25) is 10.1 Å². The fourth-order valence-electron chi connectivity index (χ4n) is 2.10. The van der Waals surface area contributed by atoms with E-state index < -0.39 is 31.3 Å². The Morgan fingerprint density at radius 2 is 2.10 bits per heavy atom. The summed E-state index contributed by atoms with van der Waals surface area (Å²) in [5, 5.41) is 10.8. The minimum Gasteiger partial charge on any atom is -0.326 e. The van der Waals surface area contributed by atoms with Crippen molar-refractivity contribution in [3.05, 3.63) is 33.6 Å². The lowest BCUT2D eigenvalue weighted by Gasteiger charge is -2.16. The quantitative estimate of drug-likeness (QED) is 0.657. The van der Waals surface area contributed by atoms with E-state index in [-0.39, 0.29) is 37.1 Å². The summed E-state index contributed by atoms with van der Waals surface area (Å²) in [5.41, 5.74) is 4.91. The fourth-order valence-corrected chi connectivity index (χ4v) is 3.64. The van der Waals surface area contributed by atoms with Crippen LogP contribution < -0.4 is 5.73 Å². The monoisotopic (exact) mass is 339 g/mol. The second-order valence-corrected chi connectivity index (χ2v) is 6.66. The number of nitro benzene ring substituents is 1. The average Bonchev–Trinajstić information content (AvgIpc) is 2.79. The Hall–Kier alpha value is -1.29. The zero-order valence-corrected chi connectivity index (χ0v) is 12.8. The van der Waals surface area contributed by atoms with Crippen molar-refractivity contribution < 1.29 is 17.7 Å². The van der Waals surface area contributed by atoms with Gasteiger partial charge in [-0.25, -0.2) is 12.8 Å². The molecular weight excluding hydrogens is 325 g/mol. The molecule has 0 unspecified atom stereocenters. The number of benzene rings is 1. The maximum absolute atomic E-state index is 13.7. The van der Waals surface area contributed by atoms with Crippen molar-refractivity contribution in [2.24, 2.45) is 5.73 Å². The van der Waals surface area contributed by atoms with Crippen molar-refractivity contribution in [1.82, 2.24) is 4.31 Å². The molecule has 2 N–H and O–H groups in total. The Labute approximate surface area is 127 Å². The SMILES string of the molecule is Cc1c(F)cc(S(=O)(=O)N2CC[C@@H](N)C2)cc1[N+](=O)[O-].Cl. The van der Waals surface area contributed by atoms with Crippen LogP contribution in [-0.4, -0.2) is 36.8 Å². The van der Waals surface area contributed by atoms with Gasteiger partial charge in [0.05, 0.1) is 15.4 Å². The van der Waals surface area contributed by atoms with Gasteiger partial charge in [0.15, 0.2) is 0 Å². The molecule has 0 aromatic heterocycles. The van der Waals surface area contributed by atoms with E-state index >= 15 is 0 Å². The number of nitrogens with two attached hydrogens (primary N) is 1. The highest BCUT2D eigenvalue weighted by atomic mass is 35.5. The summed E-state index contributed by atoms with van der Waals surface area (Å²) in [4.78, 5) is 9.62. The third-order valence-corrected chi connectivity index (χ3v) is 5.16. The van der Waals surface area contributed by atoms with Gasteiger partial charge in [0, 0.05) is 25.2 Å². The molecule has 118 valence electrons. The highest BCUT2D eigenvalue weighted by molar-refractivity contribution is 7.89. The predicted octanol–water partition coefficient (Wildman–Crippen LogP) is 1.19. The molecule has 0 saturated carbocycles. The Bertz CT molecular complexity index is 668. The number of sulfonamides is 1. The first-order valence-electron chi connectivity index (χ1n) is 5.93. The van der Waals surface area contributed by atoms with Crippen molar-refractivity contribution >= 4 is 28.1 Å². The molecule has 0 bridgehead atoms. The van der Waals surface area contributed by atoms with Crippen molar-refractivity contribution in [3.8, 4) is 0 Å². The van der Waals surface area contributed by atoms with E-state index in [9.17, 15) is 22.9 Å². The van der Waals surface area contributed by atoms with Crippen LogP contribution in [0.25, 0.3) is 0 Å². The molecule has 0 radical (unpaired) electrons. The van der Waals surface area contributed by atoms with Crippen LogP contribution in [-0.2, 0) is 10.0 Å². The van der Waals surface area contributed by atoms with Gasteiger partial charge in [0.25, 0.3) is 5.69 Å². The molecule has 21 heavy (non-hydrogen) atoms. The summed E-state index contributed by atoms with van der Waals surface area (Å²) in [6.45, 7) is 1.59. The molecule has 1 fully saturated rings. The highest BCUT2D eigenvalue weighted by Gasteiger charge is 2.33. The second kappa shape index (κ2) is 6.22. The van der Waals surface area contributed by atoms with Crippen molar-refractivity contribution in [2.45, 2.75) is 24.3 Å². The molecule has 0 amide bonds. The third kappa shape index (κ3) is 3.31.